The van der Waals surface area contributed by atoms with Crippen LogP contribution in [0.25, 0.3) is 0 Å². The Kier molecular flexibility index (Phi) is 10.0. The molecule has 4 rings (SSSR count). The molecule has 2 aromatic rings. The first-order chi connectivity index (χ1) is 20.2. The summed E-state index contributed by atoms with van der Waals surface area (Å²) in [4.78, 5) is 64.9. The second kappa shape index (κ2) is 13.9. The fourth-order valence-electron chi connectivity index (χ4n) is 4.79. The van der Waals surface area contributed by atoms with Crippen molar-refractivity contribution in [2.24, 2.45) is 4.99 Å². The van der Waals surface area contributed by atoms with Gasteiger partial charge in [-0.1, -0.05) is 0 Å². The van der Waals surface area contributed by atoms with Gasteiger partial charge in [-0.25, -0.2) is 9.38 Å². The van der Waals surface area contributed by atoms with Crippen molar-refractivity contribution in [3.63, 3.8) is 0 Å². The van der Waals surface area contributed by atoms with Gasteiger partial charge in [-0.15, -0.1) is 0 Å². The molecule has 0 aliphatic carbocycles. The van der Waals surface area contributed by atoms with E-state index in [4.69, 9.17) is 4.74 Å². The lowest BCUT2D eigenvalue weighted by Gasteiger charge is -2.25. The molecule has 224 valence electrons. The number of nitrogens with one attached hydrogen (secondary N) is 2. The summed E-state index contributed by atoms with van der Waals surface area (Å²) < 4.78 is 19.4. The van der Waals surface area contributed by atoms with Crippen LogP contribution in [0.1, 0.15) is 53.0 Å². The van der Waals surface area contributed by atoms with Crippen molar-refractivity contribution in [1.29, 1.82) is 0 Å². The number of carbonyl (C=O) groups excluding carboxylic acids is 4. The van der Waals surface area contributed by atoms with Gasteiger partial charge >= 0.3 is 0 Å². The van der Waals surface area contributed by atoms with E-state index in [1.165, 1.54) is 47.4 Å². The average molecular weight is 582 g/mol. The van der Waals surface area contributed by atoms with Gasteiger partial charge < -0.3 is 24.8 Å². The summed E-state index contributed by atoms with van der Waals surface area (Å²) in [6.45, 7) is 1.81. The highest BCUT2D eigenvalue weighted by Crippen LogP contribution is 2.21. The molecule has 1 aromatic carbocycles. The van der Waals surface area contributed by atoms with Gasteiger partial charge in [-0.2, -0.15) is 0 Å². The molecule has 2 fully saturated rings. The Morgan fingerprint density at radius 1 is 1.10 bits per heavy atom. The Hall–Kier alpha value is -4.55. The molecular formula is C29H36FN7O5. The number of ether oxygens (including phenoxy) is 1. The van der Waals surface area contributed by atoms with Gasteiger partial charge in [-0.05, 0) is 56.4 Å². The first kappa shape index (κ1) is 30.4. The zero-order valence-corrected chi connectivity index (χ0v) is 24.1. The lowest BCUT2D eigenvalue weighted by atomic mass is 10.1. The van der Waals surface area contributed by atoms with Gasteiger partial charge in [-0.3, -0.25) is 29.5 Å². The molecule has 2 aliphatic heterocycles. The van der Waals surface area contributed by atoms with Crippen molar-refractivity contribution in [2.75, 3.05) is 52.7 Å². The number of anilines is 1. The average Bonchev–Trinajstić information content (AvgIpc) is 3.47. The number of likely N-dealkylation sites (tertiary alicyclic amines) is 2. The molecule has 2 saturated heterocycles. The molecule has 3 heterocycles. The zero-order valence-electron chi connectivity index (χ0n) is 24.1. The van der Waals surface area contributed by atoms with E-state index in [0.29, 0.717) is 38.9 Å². The highest BCUT2D eigenvalue weighted by Gasteiger charge is 2.30. The van der Waals surface area contributed by atoms with Gasteiger partial charge in [0.1, 0.15) is 11.7 Å². The maximum Gasteiger partial charge on any atom is 0.271 e. The molecule has 4 amide bonds. The largest absolute Gasteiger partial charge is 0.494 e. The molecule has 0 bridgehead atoms. The van der Waals surface area contributed by atoms with E-state index in [2.05, 4.69) is 20.6 Å². The van der Waals surface area contributed by atoms with Crippen molar-refractivity contribution < 1.29 is 28.3 Å². The van der Waals surface area contributed by atoms with Crippen molar-refractivity contribution in [1.82, 2.24) is 25.0 Å². The van der Waals surface area contributed by atoms with Crippen LogP contribution >= 0.6 is 0 Å². The van der Waals surface area contributed by atoms with Crippen LogP contribution in [0.15, 0.2) is 41.5 Å². The highest BCUT2D eigenvalue weighted by molar-refractivity contribution is 6.10. The second-order valence-corrected chi connectivity index (χ2v) is 10.4. The third-order valence-corrected chi connectivity index (χ3v) is 7.12. The fraction of sp³-hybridized carbons (Fsp3) is 0.448. The van der Waals surface area contributed by atoms with Crippen molar-refractivity contribution in [2.45, 2.75) is 38.1 Å². The van der Waals surface area contributed by atoms with Crippen molar-refractivity contribution >= 4 is 35.3 Å². The molecule has 0 radical (unpaired) electrons. The fourth-order valence-corrected chi connectivity index (χ4v) is 4.79. The van der Waals surface area contributed by atoms with E-state index >= 15 is 0 Å². The minimum atomic E-state index is -0.872. The summed E-state index contributed by atoms with van der Waals surface area (Å²) in [5.74, 6) is -1.99. The molecule has 12 nitrogen and oxygen atoms in total. The highest BCUT2D eigenvalue weighted by atomic mass is 19.1. The van der Waals surface area contributed by atoms with E-state index in [-0.39, 0.29) is 52.9 Å². The number of aliphatic imine (C=N–C) groups is 1. The Bertz CT molecular complexity index is 1340. The van der Waals surface area contributed by atoms with Crippen LogP contribution in [0.5, 0.6) is 5.75 Å². The maximum atomic E-state index is 14.4. The van der Waals surface area contributed by atoms with Crippen molar-refractivity contribution in [3.05, 3.63) is 53.6 Å². The number of hydrogen-bond acceptors (Lipinski definition) is 7. The molecule has 1 atom stereocenters. The summed E-state index contributed by atoms with van der Waals surface area (Å²) in [7, 11) is 4.54. The normalized spacial score (nSPS) is 17.5. The molecule has 1 aromatic heterocycles. The third kappa shape index (κ3) is 7.59. The second-order valence-electron chi connectivity index (χ2n) is 10.4. The minimum Gasteiger partial charge on any atom is -0.494 e. The Labute approximate surface area is 243 Å². The third-order valence-electron chi connectivity index (χ3n) is 7.12. The molecule has 2 N–H and O–H groups in total. The van der Waals surface area contributed by atoms with Crippen LogP contribution in [0.2, 0.25) is 0 Å². The predicted molar refractivity (Wildman–Crippen MR) is 154 cm³/mol. The Morgan fingerprint density at radius 2 is 1.83 bits per heavy atom. The van der Waals surface area contributed by atoms with Gasteiger partial charge in [0.2, 0.25) is 17.8 Å². The molecule has 42 heavy (non-hydrogen) atoms. The Morgan fingerprint density at radius 3 is 2.48 bits per heavy atom. The van der Waals surface area contributed by atoms with E-state index in [1.807, 2.05) is 0 Å². The lowest BCUT2D eigenvalue weighted by molar-refractivity contribution is -0.140. The first-order valence-corrected chi connectivity index (χ1v) is 13.9. The SMILES string of the molecule is COc1ccc(NC(=N[C@H]2CCCCN(CC(=O)N3CCCC3)C2=O)NC(=O)c2ccc(C(=O)N(C)C)nc2)cc1F. The standard InChI is InChI=1S/C29H36FN7O5/c1-35(2)27(40)22-11-9-19(17-31-22)26(39)34-29(32-20-10-12-24(42-3)21(30)16-20)33-23-8-4-5-15-37(28(23)41)18-25(38)36-13-6-7-14-36/h9-12,16-17,23H,4-8,13-15,18H2,1-3H3,(H2,32,33,34,39)/t23-/m0/s1. The van der Waals surface area contributed by atoms with Crippen LogP contribution in [-0.4, -0.2) is 103 Å². The number of amides is 4. The van der Waals surface area contributed by atoms with Crippen LogP contribution in [0.3, 0.4) is 0 Å². The van der Waals surface area contributed by atoms with Gasteiger partial charge in [0.15, 0.2) is 11.6 Å². The quantitative estimate of drug-likeness (QED) is 0.378. The topological polar surface area (TPSA) is 137 Å². The number of methoxy groups -OCH3 is 1. The molecule has 2 aliphatic rings. The van der Waals surface area contributed by atoms with E-state index in [9.17, 15) is 23.6 Å². The number of nitrogens with zero attached hydrogens (tertiary/aromatic N) is 5. The van der Waals surface area contributed by atoms with Crippen LogP contribution in [0.4, 0.5) is 10.1 Å². The number of carbonyl (C=O) groups is 4. The number of rotatable bonds is 7. The smallest absolute Gasteiger partial charge is 0.271 e. The van der Waals surface area contributed by atoms with Gasteiger partial charge in [0.25, 0.3) is 11.8 Å². The molecule has 0 spiro atoms. The molecular weight excluding hydrogens is 545 g/mol. The van der Waals surface area contributed by atoms with E-state index in [0.717, 1.165) is 12.8 Å². The predicted octanol–water partition coefficient (Wildman–Crippen LogP) is 2.13. The number of guanidine groups is 1. The van der Waals surface area contributed by atoms with Gasteiger partial charge in [0.05, 0.1) is 19.2 Å². The summed E-state index contributed by atoms with van der Waals surface area (Å²) in [5.41, 5.74) is 0.579. The van der Waals surface area contributed by atoms with Gasteiger partial charge in [0, 0.05) is 51.7 Å². The zero-order chi connectivity index (χ0) is 30.2. The van der Waals surface area contributed by atoms with Crippen LogP contribution in [0, 0.1) is 5.82 Å². The number of hydrogen-bond donors (Lipinski definition) is 2. The first-order valence-electron chi connectivity index (χ1n) is 13.9. The van der Waals surface area contributed by atoms with Crippen LogP contribution in [-0.2, 0) is 9.59 Å². The summed E-state index contributed by atoms with van der Waals surface area (Å²) >= 11 is 0. The number of benzene rings is 1. The lowest BCUT2D eigenvalue weighted by Crippen LogP contribution is -2.45. The number of aromatic nitrogens is 1. The van der Waals surface area contributed by atoms with E-state index < -0.39 is 17.8 Å². The summed E-state index contributed by atoms with van der Waals surface area (Å²) in [6.07, 6.45) is 4.99. The van der Waals surface area contributed by atoms with Crippen LogP contribution < -0.4 is 15.4 Å². The minimum absolute atomic E-state index is 0.0205. The number of pyridine rings is 1. The number of halogens is 1. The summed E-state index contributed by atoms with van der Waals surface area (Å²) in [5, 5.41) is 5.56. The molecule has 13 heteroatoms. The molecule has 0 saturated carbocycles. The maximum absolute atomic E-state index is 14.4. The monoisotopic (exact) mass is 581 g/mol. The molecule has 0 unspecified atom stereocenters. The Balaban J connectivity index is 1.57. The van der Waals surface area contributed by atoms with E-state index in [1.54, 1.807) is 25.1 Å². The van der Waals surface area contributed by atoms with Crippen molar-refractivity contribution in [3.8, 4) is 5.75 Å². The summed E-state index contributed by atoms with van der Waals surface area (Å²) in [6, 6.07) is 6.16.